The zero-order chi connectivity index (χ0) is 22.2. The molecule has 0 aromatic heterocycles. The number of benzene rings is 2. The summed E-state index contributed by atoms with van der Waals surface area (Å²) in [5.74, 6) is -1.20. The van der Waals surface area contributed by atoms with E-state index in [4.69, 9.17) is 0 Å². The summed E-state index contributed by atoms with van der Waals surface area (Å²) in [6, 6.07) is 18.0. The first kappa shape index (κ1) is 22.8. The van der Waals surface area contributed by atoms with Gasteiger partial charge in [0.15, 0.2) is 0 Å². The molecule has 1 aliphatic rings. The van der Waals surface area contributed by atoms with Crippen molar-refractivity contribution >= 4 is 17.5 Å². The van der Waals surface area contributed by atoms with Crippen LogP contribution in [0.1, 0.15) is 17.2 Å². The van der Waals surface area contributed by atoms with Crippen LogP contribution in [0.15, 0.2) is 54.6 Å². The van der Waals surface area contributed by atoms with E-state index >= 15 is 0 Å². The van der Waals surface area contributed by atoms with Crippen LogP contribution in [0.4, 0.5) is 5.69 Å². The quantitative estimate of drug-likeness (QED) is 0.661. The van der Waals surface area contributed by atoms with E-state index in [1.807, 2.05) is 44.4 Å². The molecule has 7 nitrogen and oxygen atoms in total. The van der Waals surface area contributed by atoms with Crippen molar-refractivity contribution in [1.82, 2.24) is 20.4 Å². The molecule has 0 aliphatic carbocycles. The fraction of sp³-hybridized carbons (Fsp3) is 0.417. The Bertz CT molecular complexity index is 846. The number of likely N-dealkylation sites (N-methyl/N-ethyl adjacent to an activating group) is 1. The number of nitrogens with one attached hydrogen (secondary N) is 2. The summed E-state index contributed by atoms with van der Waals surface area (Å²) in [5.41, 5.74) is 3.23. The third kappa shape index (κ3) is 6.54. The molecule has 1 aliphatic heterocycles. The summed E-state index contributed by atoms with van der Waals surface area (Å²) in [6.07, 6.45) is 0. The van der Waals surface area contributed by atoms with Crippen molar-refractivity contribution in [1.29, 1.82) is 0 Å². The number of carbonyl (C=O) groups is 2. The highest BCUT2D eigenvalue weighted by Gasteiger charge is 2.25. The van der Waals surface area contributed by atoms with Gasteiger partial charge in [-0.05, 0) is 30.3 Å². The van der Waals surface area contributed by atoms with E-state index < -0.39 is 11.8 Å². The number of piperazine rings is 1. The first-order valence-electron chi connectivity index (χ1n) is 10.7. The molecule has 2 N–H and O–H groups in total. The molecular weight excluding hydrogens is 390 g/mol. The number of nitrogens with zero attached hydrogens (tertiary/aromatic N) is 3. The van der Waals surface area contributed by atoms with Gasteiger partial charge in [0.25, 0.3) is 0 Å². The molecule has 2 aromatic rings. The van der Waals surface area contributed by atoms with E-state index in [1.165, 1.54) is 0 Å². The number of hydrogen-bond acceptors (Lipinski definition) is 5. The molecular formula is C24H33N5O2. The first-order valence-corrected chi connectivity index (χ1v) is 10.7. The van der Waals surface area contributed by atoms with Gasteiger partial charge in [-0.25, -0.2) is 0 Å². The Morgan fingerprint density at radius 1 is 0.903 bits per heavy atom. The van der Waals surface area contributed by atoms with Gasteiger partial charge < -0.3 is 20.4 Å². The standard InChI is InChI=1S/C24H33N5O2/c1-27(2)21-11-9-20(10-12-21)22(29-15-13-28(3)14-16-29)18-26-24(31)23(30)25-17-19-7-5-4-6-8-19/h4-12,22H,13-18H2,1-3H3,(H,25,30)(H,26,31). The van der Waals surface area contributed by atoms with Gasteiger partial charge >= 0.3 is 11.8 Å². The molecule has 0 spiro atoms. The number of carbonyl (C=O) groups excluding carboxylic acids is 2. The maximum absolute atomic E-state index is 12.4. The number of rotatable bonds is 7. The molecule has 1 fully saturated rings. The smallest absolute Gasteiger partial charge is 0.309 e. The van der Waals surface area contributed by atoms with Crippen LogP contribution in [-0.2, 0) is 16.1 Å². The maximum atomic E-state index is 12.4. The lowest BCUT2D eigenvalue weighted by Crippen LogP contribution is -2.49. The van der Waals surface area contributed by atoms with Gasteiger partial charge in [-0.3, -0.25) is 14.5 Å². The number of amides is 2. The summed E-state index contributed by atoms with van der Waals surface area (Å²) in [5, 5.41) is 5.54. The second-order valence-electron chi connectivity index (χ2n) is 8.22. The minimum Gasteiger partial charge on any atom is -0.378 e. The van der Waals surface area contributed by atoms with Crippen LogP contribution in [0.25, 0.3) is 0 Å². The Morgan fingerprint density at radius 3 is 2.13 bits per heavy atom. The predicted molar refractivity (Wildman–Crippen MR) is 124 cm³/mol. The molecule has 1 unspecified atom stereocenters. The number of hydrogen-bond donors (Lipinski definition) is 2. The van der Waals surface area contributed by atoms with Crippen LogP contribution in [0.5, 0.6) is 0 Å². The zero-order valence-electron chi connectivity index (χ0n) is 18.7. The highest BCUT2D eigenvalue weighted by atomic mass is 16.2. The molecule has 1 saturated heterocycles. The molecule has 0 bridgehead atoms. The molecule has 3 rings (SSSR count). The minimum absolute atomic E-state index is 0.0239. The van der Waals surface area contributed by atoms with E-state index in [2.05, 4.69) is 56.6 Å². The first-order chi connectivity index (χ1) is 14.9. The Kier molecular flexibility index (Phi) is 8.03. The maximum Gasteiger partial charge on any atom is 0.309 e. The second-order valence-corrected chi connectivity index (χ2v) is 8.22. The van der Waals surface area contributed by atoms with Crippen molar-refractivity contribution in [3.63, 3.8) is 0 Å². The molecule has 1 atom stereocenters. The van der Waals surface area contributed by atoms with Crippen molar-refractivity contribution < 1.29 is 9.59 Å². The molecule has 7 heteroatoms. The van der Waals surface area contributed by atoms with Crippen molar-refractivity contribution in [2.24, 2.45) is 0 Å². The van der Waals surface area contributed by atoms with E-state index in [0.717, 1.165) is 43.0 Å². The van der Waals surface area contributed by atoms with Gasteiger partial charge in [0.2, 0.25) is 0 Å². The van der Waals surface area contributed by atoms with Crippen LogP contribution in [0.3, 0.4) is 0 Å². The zero-order valence-corrected chi connectivity index (χ0v) is 18.7. The lowest BCUT2D eigenvalue weighted by atomic mass is 10.0. The van der Waals surface area contributed by atoms with E-state index in [1.54, 1.807) is 0 Å². The van der Waals surface area contributed by atoms with Gasteiger partial charge in [-0.15, -0.1) is 0 Å². The fourth-order valence-corrected chi connectivity index (χ4v) is 3.71. The summed E-state index contributed by atoms with van der Waals surface area (Å²) >= 11 is 0. The highest BCUT2D eigenvalue weighted by molar-refractivity contribution is 6.35. The van der Waals surface area contributed by atoms with Crippen molar-refractivity contribution in [3.05, 3.63) is 65.7 Å². The Hall–Kier alpha value is -2.90. The SMILES string of the molecule is CN1CCN(C(CNC(=O)C(=O)NCc2ccccc2)c2ccc(N(C)C)cc2)CC1. The van der Waals surface area contributed by atoms with Gasteiger partial charge in [-0.1, -0.05) is 42.5 Å². The van der Waals surface area contributed by atoms with Gasteiger partial charge in [0.1, 0.15) is 0 Å². The molecule has 31 heavy (non-hydrogen) atoms. The monoisotopic (exact) mass is 423 g/mol. The van der Waals surface area contributed by atoms with E-state index in [9.17, 15) is 9.59 Å². The van der Waals surface area contributed by atoms with E-state index in [0.29, 0.717) is 13.1 Å². The number of anilines is 1. The normalized spacial score (nSPS) is 15.8. The molecule has 2 amide bonds. The van der Waals surface area contributed by atoms with Crippen molar-refractivity contribution in [3.8, 4) is 0 Å². The lowest BCUT2D eigenvalue weighted by Gasteiger charge is -2.38. The van der Waals surface area contributed by atoms with Crippen LogP contribution in [-0.4, -0.2) is 75.5 Å². The van der Waals surface area contributed by atoms with Crippen LogP contribution >= 0.6 is 0 Å². The Balaban J connectivity index is 1.62. The third-order valence-electron chi connectivity index (χ3n) is 5.73. The highest BCUT2D eigenvalue weighted by Crippen LogP contribution is 2.24. The summed E-state index contributed by atoms with van der Waals surface area (Å²) in [7, 11) is 6.15. The summed E-state index contributed by atoms with van der Waals surface area (Å²) < 4.78 is 0. The summed E-state index contributed by atoms with van der Waals surface area (Å²) in [4.78, 5) is 31.4. The fourth-order valence-electron chi connectivity index (χ4n) is 3.71. The summed E-state index contributed by atoms with van der Waals surface area (Å²) in [6.45, 7) is 4.54. The predicted octanol–water partition coefficient (Wildman–Crippen LogP) is 1.47. The van der Waals surface area contributed by atoms with Gasteiger partial charge in [0.05, 0.1) is 6.04 Å². The van der Waals surface area contributed by atoms with Crippen LogP contribution in [0, 0.1) is 0 Å². The topological polar surface area (TPSA) is 67.9 Å². The third-order valence-corrected chi connectivity index (χ3v) is 5.73. The van der Waals surface area contributed by atoms with Crippen molar-refractivity contribution in [2.75, 3.05) is 58.8 Å². The van der Waals surface area contributed by atoms with E-state index in [-0.39, 0.29) is 6.04 Å². The Labute approximate surface area is 185 Å². The average molecular weight is 424 g/mol. The molecule has 166 valence electrons. The van der Waals surface area contributed by atoms with Crippen molar-refractivity contribution in [2.45, 2.75) is 12.6 Å². The lowest BCUT2D eigenvalue weighted by molar-refractivity contribution is -0.139. The second kappa shape index (κ2) is 10.9. The van der Waals surface area contributed by atoms with Crippen LogP contribution in [0.2, 0.25) is 0 Å². The van der Waals surface area contributed by atoms with Gasteiger partial charge in [-0.2, -0.15) is 0 Å². The van der Waals surface area contributed by atoms with Gasteiger partial charge in [0, 0.05) is 59.1 Å². The molecule has 2 aromatic carbocycles. The molecule has 0 radical (unpaired) electrons. The van der Waals surface area contributed by atoms with Crippen LogP contribution < -0.4 is 15.5 Å². The minimum atomic E-state index is -0.607. The Morgan fingerprint density at radius 2 is 1.52 bits per heavy atom. The molecule has 0 saturated carbocycles. The average Bonchev–Trinajstić information content (AvgIpc) is 2.79. The largest absolute Gasteiger partial charge is 0.378 e. The molecule has 1 heterocycles.